The van der Waals surface area contributed by atoms with Crippen molar-refractivity contribution in [2.45, 2.75) is 31.2 Å². The maximum atomic E-state index is 14.0. The lowest BCUT2D eigenvalue weighted by Gasteiger charge is -2.27. The summed E-state index contributed by atoms with van der Waals surface area (Å²) < 4.78 is 61.0. The molecule has 1 spiro atoms. The molecule has 2 atom stereocenters. The van der Waals surface area contributed by atoms with Crippen LogP contribution in [0.2, 0.25) is 0 Å². The molecule has 164 valence electrons. The molecule has 6 nitrogen and oxygen atoms in total. The smallest absolute Gasteiger partial charge is 0.449 e. The van der Waals surface area contributed by atoms with Gasteiger partial charge in [-0.2, -0.15) is 13.2 Å². The van der Waals surface area contributed by atoms with E-state index in [1.54, 1.807) is 31.2 Å². The molecule has 0 bridgehead atoms. The second-order valence-corrected chi connectivity index (χ2v) is 7.94. The lowest BCUT2D eigenvalue weighted by atomic mass is 9.73. The number of fused-ring (bicyclic) bond motifs is 5. The third kappa shape index (κ3) is 2.39. The van der Waals surface area contributed by atoms with Crippen LogP contribution in [0.5, 0.6) is 17.2 Å². The number of rotatable bonds is 2. The zero-order valence-electron chi connectivity index (χ0n) is 16.7. The van der Waals surface area contributed by atoms with E-state index in [4.69, 9.17) is 18.6 Å². The Balaban J connectivity index is 1.48. The van der Waals surface area contributed by atoms with Crippen molar-refractivity contribution in [3.63, 3.8) is 0 Å². The Morgan fingerprint density at radius 1 is 1.03 bits per heavy atom. The average molecular weight is 443 g/mol. The number of furan rings is 1. The van der Waals surface area contributed by atoms with Gasteiger partial charge in [0.2, 0.25) is 18.5 Å². The topological polar surface area (TPSA) is 61.1 Å². The van der Waals surface area contributed by atoms with Crippen molar-refractivity contribution in [3.05, 3.63) is 71.2 Å². The van der Waals surface area contributed by atoms with Crippen molar-refractivity contribution in [2.24, 2.45) is 0 Å². The van der Waals surface area contributed by atoms with E-state index in [0.717, 1.165) is 11.6 Å². The molecule has 2 aromatic carbocycles. The Morgan fingerprint density at radius 2 is 1.78 bits per heavy atom. The maximum Gasteiger partial charge on any atom is 0.449 e. The van der Waals surface area contributed by atoms with E-state index in [2.05, 4.69) is 0 Å². The van der Waals surface area contributed by atoms with E-state index in [9.17, 15) is 18.0 Å². The van der Waals surface area contributed by atoms with Crippen LogP contribution in [0.4, 0.5) is 18.9 Å². The van der Waals surface area contributed by atoms with Crippen molar-refractivity contribution in [3.8, 4) is 17.2 Å². The number of halogens is 3. The predicted molar refractivity (Wildman–Crippen MR) is 105 cm³/mol. The molecule has 3 aliphatic rings. The van der Waals surface area contributed by atoms with Gasteiger partial charge >= 0.3 is 6.18 Å². The van der Waals surface area contributed by atoms with Gasteiger partial charge < -0.3 is 23.5 Å². The largest absolute Gasteiger partial charge is 0.488 e. The summed E-state index contributed by atoms with van der Waals surface area (Å²) in [6, 6.07) is 12.8. The fourth-order valence-corrected chi connectivity index (χ4v) is 4.89. The van der Waals surface area contributed by atoms with Crippen LogP contribution >= 0.6 is 0 Å². The SMILES string of the molecule is CC1Oc2cc3c(cc2C12C(=O)N(Cc1ccc(C(F)(F)F)o1)c1ccccc12)OCO3. The molecule has 0 N–H and O–H groups in total. The van der Waals surface area contributed by atoms with E-state index in [-0.39, 0.29) is 25.0 Å². The Kier molecular flexibility index (Phi) is 3.71. The van der Waals surface area contributed by atoms with Crippen molar-refractivity contribution >= 4 is 11.6 Å². The van der Waals surface area contributed by atoms with Crippen LogP contribution in [0.25, 0.3) is 0 Å². The number of nitrogens with zero attached hydrogens (tertiary/aromatic N) is 1. The van der Waals surface area contributed by atoms with Crippen molar-refractivity contribution in [1.29, 1.82) is 0 Å². The quantitative estimate of drug-likeness (QED) is 0.578. The molecule has 2 unspecified atom stereocenters. The highest BCUT2D eigenvalue weighted by Gasteiger charge is 2.61. The molecule has 32 heavy (non-hydrogen) atoms. The van der Waals surface area contributed by atoms with Crippen molar-refractivity contribution < 1.29 is 36.6 Å². The maximum absolute atomic E-state index is 14.0. The van der Waals surface area contributed by atoms with Gasteiger partial charge in [-0.25, -0.2) is 0 Å². The van der Waals surface area contributed by atoms with Gasteiger partial charge in [-0.05, 0) is 36.8 Å². The van der Waals surface area contributed by atoms with E-state index in [1.165, 1.54) is 11.0 Å². The molecule has 3 aliphatic heterocycles. The zero-order valence-corrected chi connectivity index (χ0v) is 16.7. The van der Waals surface area contributed by atoms with Crippen molar-refractivity contribution in [2.75, 3.05) is 11.7 Å². The first-order valence-corrected chi connectivity index (χ1v) is 9.98. The fraction of sp³-hybridized carbons (Fsp3) is 0.261. The number of benzene rings is 2. The summed E-state index contributed by atoms with van der Waals surface area (Å²) in [6.07, 6.45) is -5.15. The Bertz CT molecular complexity index is 1270. The molecule has 3 aromatic rings. The van der Waals surface area contributed by atoms with Crippen LogP contribution in [0.1, 0.15) is 29.6 Å². The molecule has 4 heterocycles. The van der Waals surface area contributed by atoms with Gasteiger partial charge in [0.25, 0.3) is 0 Å². The molecule has 0 fully saturated rings. The fourth-order valence-electron chi connectivity index (χ4n) is 4.89. The molecule has 0 saturated heterocycles. The molecule has 1 aromatic heterocycles. The normalized spacial score (nSPS) is 22.9. The number of anilines is 1. The minimum absolute atomic E-state index is 0.0370. The second-order valence-electron chi connectivity index (χ2n) is 7.94. The molecule has 0 aliphatic carbocycles. The second kappa shape index (κ2) is 6.21. The third-order valence-electron chi connectivity index (χ3n) is 6.27. The van der Waals surface area contributed by atoms with Crippen molar-refractivity contribution in [1.82, 2.24) is 0 Å². The molecule has 6 rings (SSSR count). The minimum atomic E-state index is -4.60. The third-order valence-corrected chi connectivity index (χ3v) is 6.27. The highest BCUT2D eigenvalue weighted by molar-refractivity contribution is 6.12. The standard InChI is InChI=1S/C23H16F3NO5/c1-12-22(15-8-18-19(30-11-29-18)9-17(15)31-12)14-4-2-3-5-16(14)27(21(22)28)10-13-6-7-20(32-13)23(24,25)26/h2-9,12H,10-11H2,1H3. The van der Waals surface area contributed by atoms with Crippen LogP contribution in [-0.4, -0.2) is 18.8 Å². The Morgan fingerprint density at radius 3 is 2.53 bits per heavy atom. The number of alkyl halides is 3. The summed E-state index contributed by atoms with van der Waals surface area (Å²) >= 11 is 0. The Hall–Kier alpha value is -3.62. The average Bonchev–Trinajstić information content (AvgIpc) is 3.50. The van der Waals surface area contributed by atoms with Crippen LogP contribution < -0.4 is 19.1 Å². The monoisotopic (exact) mass is 443 g/mol. The first-order chi connectivity index (χ1) is 15.3. The van der Waals surface area contributed by atoms with Gasteiger partial charge in [0.1, 0.15) is 23.0 Å². The van der Waals surface area contributed by atoms with Gasteiger partial charge in [-0.15, -0.1) is 0 Å². The molecule has 0 radical (unpaired) electrons. The van der Waals surface area contributed by atoms with Gasteiger partial charge in [0.15, 0.2) is 11.5 Å². The molecular formula is C23H16F3NO5. The molecule has 1 amide bonds. The highest BCUT2D eigenvalue weighted by Crippen LogP contribution is 2.57. The number of ether oxygens (including phenoxy) is 3. The number of carbonyl (C=O) groups excluding carboxylic acids is 1. The summed E-state index contributed by atoms with van der Waals surface area (Å²) in [6.45, 7) is 1.75. The van der Waals surface area contributed by atoms with Crippen LogP contribution in [0, 0.1) is 0 Å². The van der Waals surface area contributed by atoms with E-state index < -0.39 is 23.5 Å². The summed E-state index contributed by atoms with van der Waals surface area (Å²) in [5, 5.41) is 0. The Labute approximate surface area is 180 Å². The number of hydrogen-bond acceptors (Lipinski definition) is 5. The lowest BCUT2D eigenvalue weighted by Crippen LogP contribution is -2.46. The first-order valence-electron chi connectivity index (χ1n) is 9.98. The number of amides is 1. The highest BCUT2D eigenvalue weighted by atomic mass is 19.4. The minimum Gasteiger partial charge on any atom is -0.488 e. The van der Waals surface area contributed by atoms with E-state index in [1.807, 2.05) is 12.1 Å². The van der Waals surface area contributed by atoms with Gasteiger partial charge in [-0.3, -0.25) is 4.79 Å². The molecular weight excluding hydrogens is 427 g/mol. The number of carbonyl (C=O) groups is 1. The summed E-state index contributed by atoms with van der Waals surface area (Å²) in [7, 11) is 0. The summed E-state index contributed by atoms with van der Waals surface area (Å²) in [5.74, 6) is 0.218. The van der Waals surface area contributed by atoms with E-state index >= 15 is 0 Å². The zero-order chi connectivity index (χ0) is 22.3. The van der Waals surface area contributed by atoms with Crippen LogP contribution in [-0.2, 0) is 22.9 Å². The van der Waals surface area contributed by atoms with Crippen LogP contribution in [0.15, 0.2) is 52.9 Å². The van der Waals surface area contributed by atoms with Gasteiger partial charge in [0.05, 0.1) is 6.54 Å². The van der Waals surface area contributed by atoms with Crippen LogP contribution in [0.3, 0.4) is 0 Å². The number of para-hydroxylation sites is 1. The summed E-state index contributed by atoms with van der Waals surface area (Å²) in [4.78, 5) is 15.4. The lowest BCUT2D eigenvalue weighted by molar-refractivity contribution is -0.153. The summed E-state index contributed by atoms with van der Waals surface area (Å²) in [5.41, 5.74) is 0.803. The molecule has 9 heteroatoms. The van der Waals surface area contributed by atoms with Gasteiger partial charge in [-0.1, -0.05) is 18.2 Å². The molecule has 0 saturated carbocycles. The predicted octanol–water partition coefficient (Wildman–Crippen LogP) is 4.64. The van der Waals surface area contributed by atoms with E-state index in [0.29, 0.717) is 28.5 Å². The van der Waals surface area contributed by atoms with Gasteiger partial charge in [0, 0.05) is 17.3 Å². The number of hydrogen-bond donors (Lipinski definition) is 0. The first kappa shape index (κ1) is 19.1.